The molecule has 148 valence electrons. The van der Waals surface area contributed by atoms with Crippen molar-refractivity contribution in [2.75, 3.05) is 10.6 Å². The number of rotatable bonds is 6. The summed E-state index contributed by atoms with van der Waals surface area (Å²) in [5.41, 5.74) is 2.31. The molecule has 0 amide bonds. The van der Waals surface area contributed by atoms with Crippen LogP contribution in [0.2, 0.25) is 0 Å². The Kier molecular flexibility index (Phi) is 6.75. The molecule has 9 heteroatoms. The summed E-state index contributed by atoms with van der Waals surface area (Å²) in [6, 6.07) is 11.3. The van der Waals surface area contributed by atoms with Gasteiger partial charge in [0.1, 0.15) is 17.5 Å². The Hall–Kier alpha value is -3.46. The van der Waals surface area contributed by atoms with Crippen LogP contribution in [0.5, 0.6) is 0 Å². The van der Waals surface area contributed by atoms with E-state index >= 15 is 0 Å². The maximum atomic E-state index is 12.6. The second kappa shape index (κ2) is 9.65. The number of ketones is 1. The van der Waals surface area contributed by atoms with Crippen LogP contribution < -0.4 is 10.6 Å². The Morgan fingerprint density at radius 1 is 1.00 bits per heavy atom. The van der Waals surface area contributed by atoms with Crippen LogP contribution >= 0.6 is 0 Å². The molecule has 0 aliphatic heterocycles. The molecular weight excluding hydrogens is 390 g/mol. The molecule has 4 rings (SSSR count). The highest BCUT2D eigenvalue weighted by atomic mass is 32.1. The number of carbonyl (C=O) groups excluding carboxylic acids is 1. The molecule has 1 fully saturated rings. The van der Waals surface area contributed by atoms with Gasteiger partial charge in [-0.15, -0.1) is 0 Å². The average molecular weight is 409 g/mol. The maximum absolute atomic E-state index is 12.6. The lowest BCUT2D eigenvalue weighted by molar-refractivity contribution is 0.0968. The van der Waals surface area contributed by atoms with Gasteiger partial charge in [0.25, 0.3) is 0 Å². The minimum atomic E-state index is -0.750. The standard InChI is InChI=1S/C20H19N5O.O2S/c1-13-5-4-10-22-20(13)24-16-11-18(25-17-6-2-3-9-21-17)23-12-15(16)19(26)14-7-8-14;1-3-2/h2-6,9-12,14H,7-8H2,1H3,(H2,21,22,23,24,25);. The molecule has 1 aliphatic rings. The number of pyridine rings is 3. The predicted molar refractivity (Wildman–Crippen MR) is 110 cm³/mol. The van der Waals surface area contributed by atoms with Gasteiger partial charge in [-0.1, -0.05) is 12.1 Å². The molecule has 0 bridgehead atoms. The van der Waals surface area contributed by atoms with Crippen molar-refractivity contribution in [2.24, 2.45) is 5.92 Å². The van der Waals surface area contributed by atoms with Gasteiger partial charge in [-0.25, -0.2) is 15.0 Å². The van der Waals surface area contributed by atoms with Gasteiger partial charge in [0, 0.05) is 30.6 Å². The number of aryl methyl sites for hydroxylation is 1. The summed E-state index contributed by atoms with van der Waals surface area (Å²) >= 11 is -0.750. The molecule has 0 unspecified atom stereocenters. The van der Waals surface area contributed by atoms with Gasteiger partial charge in [0.2, 0.25) is 0 Å². The third kappa shape index (κ3) is 5.52. The van der Waals surface area contributed by atoms with Crippen molar-refractivity contribution in [3.05, 3.63) is 66.1 Å². The van der Waals surface area contributed by atoms with E-state index in [-0.39, 0.29) is 11.7 Å². The molecule has 1 saturated carbocycles. The lowest BCUT2D eigenvalue weighted by atomic mass is 10.1. The molecule has 0 atom stereocenters. The highest BCUT2D eigenvalue weighted by Crippen LogP contribution is 2.36. The van der Waals surface area contributed by atoms with Crippen molar-refractivity contribution in [2.45, 2.75) is 19.8 Å². The first-order valence-electron chi connectivity index (χ1n) is 8.95. The summed E-state index contributed by atoms with van der Waals surface area (Å²) in [7, 11) is 0. The number of Topliss-reactive ketones (excluding diaryl/α,β-unsaturated/α-hetero) is 1. The van der Waals surface area contributed by atoms with Gasteiger partial charge in [0.05, 0.1) is 11.3 Å². The van der Waals surface area contributed by atoms with Crippen molar-refractivity contribution in [3.8, 4) is 0 Å². The van der Waals surface area contributed by atoms with Gasteiger partial charge >= 0.3 is 11.6 Å². The Morgan fingerprint density at radius 3 is 2.41 bits per heavy atom. The Bertz CT molecular complexity index is 1040. The third-order valence-electron chi connectivity index (χ3n) is 4.30. The Labute approximate surface area is 171 Å². The molecule has 8 nitrogen and oxygen atoms in total. The monoisotopic (exact) mass is 409 g/mol. The summed E-state index contributed by atoms with van der Waals surface area (Å²) in [6.45, 7) is 1.98. The largest absolute Gasteiger partial charge is 0.339 e. The molecular formula is C20H19N5O3S. The first-order valence-corrected chi connectivity index (χ1v) is 9.61. The van der Waals surface area contributed by atoms with Gasteiger partial charge in [-0.3, -0.25) is 4.79 Å². The number of hydrogen-bond acceptors (Lipinski definition) is 8. The van der Waals surface area contributed by atoms with Crippen LogP contribution in [0.3, 0.4) is 0 Å². The SMILES string of the molecule is Cc1cccnc1Nc1cc(Nc2ccccn2)ncc1C(=O)C1CC1.O=S=O. The number of aromatic nitrogens is 3. The van der Waals surface area contributed by atoms with Crippen LogP contribution in [0.25, 0.3) is 0 Å². The van der Waals surface area contributed by atoms with E-state index in [0.29, 0.717) is 22.9 Å². The van der Waals surface area contributed by atoms with Crippen LogP contribution in [-0.2, 0) is 11.6 Å². The summed E-state index contributed by atoms with van der Waals surface area (Å²) < 4.78 is 16.6. The van der Waals surface area contributed by atoms with Crippen molar-refractivity contribution in [3.63, 3.8) is 0 Å². The van der Waals surface area contributed by atoms with E-state index in [1.54, 1.807) is 18.6 Å². The van der Waals surface area contributed by atoms with Gasteiger partial charge in [-0.2, -0.15) is 8.42 Å². The fraction of sp³-hybridized carbons (Fsp3) is 0.200. The van der Waals surface area contributed by atoms with Crippen molar-refractivity contribution < 1.29 is 13.2 Å². The topological polar surface area (TPSA) is 114 Å². The minimum Gasteiger partial charge on any atom is -0.339 e. The molecule has 2 N–H and O–H groups in total. The number of nitrogens with one attached hydrogen (secondary N) is 2. The molecule has 0 radical (unpaired) electrons. The Balaban J connectivity index is 0.000000755. The van der Waals surface area contributed by atoms with Gasteiger partial charge in [0.15, 0.2) is 5.78 Å². The molecule has 0 saturated heterocycles. The molecule has 29 heavy (non-hydrogen) atoms. The van der Waals surface area contributed by atoms with E-state index in [1.165, 1.54) is 0 Å². The van der Waals surface area contributed by atoms with E-state index < -0.39 is 11.6 Å². The number of nitrogens with zero attached hydrogens (tertiary/aromatic N) is 3. The molecule has 3 heterocycles. The zero-order valence-electron chi connectivity index (χ0n) is 15.7. The van der Waals surface area contributed by atoms with E-state index in [9.17, 15) is 4.79 Å². The lowest BCUT2D eigenvalue weighted by Gasteiger charge is -2.14. The van der Waals surface area contributed by atoms with E-state index in [2.05, 4.69) is 25.6 Å². The highest BCUT2D eigenvalue weighted by molar-refractivity contribution is 7.51. The maximum Gasteiger partial charge on any atom is 0.335 e. The summed E-state index contributed by atoms with van der Waals surface area (Å²) in [4.78, 5) is 25.7. The van der Waals surface area contributed by atoms with Crippen molar-refractivity contribution in [1.82, 2.24) is 15.0 Å². The molecule has 0 aromatic carbocycles. The van der Waals surface area contributed by atoms with Crippen molar-refractivity contribution in [1.29, 1.82) is 0 Å². The minimum absolute atomic E-state index is 0.122. The fourth-order valence-corrected chi connectivity index (χ4v) is 2.70. The van der Waals surface area contributed by atoms with Crippen LogP contribution in [0.4, 0.5) is 23.1 Å². The van der Waals surface area contributed by atoms with E-state index in [1.807, 2.05) is 43.3 Å². The highest BCUT2D eigenvalue weighted by Gasteiger charge is 2.32. The van der Waals surface area contributed by atoms with E-state index in [0.717, 1.165) is 24.2 Å². The first kappa shape index (κ1) is 20.3. The van der Waals surface area contributed by atoms with Gasteiger partial charge < -0.3 is 10.6 Å². The zero-order chi connectivity index (χ0) is 20.6. The lowest BCUT2D eigenvalue weighted by Crippen LogP contribution is -2.09. The number of carbonyl (C=O) groups is 1. The van der Waals surface area contributed by atoms with Crippen LogP contribution in [0, 0.1) is 12.8 Å². The van der Waals surface area contributed by atoms with Crippen LogP contribution in [0.1, 0.15) is 28.8 Å². The quantitative estimate of drug-likeness (QED) is 0.594. The van der Waals surface area contributed by atoms with Gasteiger partial charge in [-0.05, 0) is 43.5 Å². The second-order valence-corrected chi connectivity index (χ2v) is 6.59. The first-order chi connectivity index (χ1) is 14.1. The smallest absolute Gasteiger partial charge is 0.335 e. The zero-order valence-corrected chi connectivity index (χ0v) is 16.5. The number of hydrogen-bond donors (Lipinski definition) is 2. The van der Waals surface area contributed by atoms with Crippen LogP contribution in [0.15, 0.2) is 55.0 Å². The average Bonchev–Trinajstić information content (AvgIpc) is 3.56. The fourth-order valence-electron chi connectivity index (χ4n) is 2.70. The summed E-state index contributed by atoms with van der Waals surface area (Å²) in [5.74, 6) is 2.30. The second-order valence-electron chi connectivity index (χ2n) is 6.46. The molecule has 3 aromatic heterocycles. The summed E-state index contributed by atoms with van der Waals surface area (Å²) in [6.07, 6.45) is 6.98. The predicted octanol–water partition coefficient (Wildman–Crippen LogP) is 3.59. The Morgan fingerprint density at radius 2 is 1.76 bits per heavy atom. The molecule has 3 aromatic rings. The normalized spacial score (nSPS) is 12.3. The summed E-state index contributed by atoms with van der Waals surface area (Å²) in [5, 5.41) is 6.46. The number of anilines is 4. The van der Waals surface area contributed by atoms with Crippen LogP contribution in [-0.4, -0.2) is 29.2 Å². The third-order valence-corrected chi connectivity index (χ3v) is 4.30. The molecule has 0 spiro atoms. The van der Waals surface area contributed by atoms with Crippen molar-refractivity contribution >= 4 is 40.5 Å². The molecule has 1 aliphatic carbocycles. The van der Waals surface area contributed by atoms with E-state index in [4.69, 9.17) is 8.42 Å².